The van der Waals surface area contributed by atoms with E-state index >= 15 is 0 Å². The van der Waals surface area contributed by atoms with Crippen LogP contribution < -0.4 is 10.6 Å². The fourth-order valence-electron chi connectivity index (χ4n) is 2.96. The van der Waals surface area contributed by atoms with E-state index in [2.05, 4.69) is 15.6 Å². The number of anilines is 2. The first-order chi connectivity index (χ1) is 14.5. The fraction of sp³-hybridized carbons (Fsp3) is 0.174. The Bertz CT molecular complexity index is 1190. The lowest BCUT2D eigenvalue weighted by atomic mass is 10.1. The molecule has 6 nitrogen and oxygen atoms in total. The van der Waals surface area contributed by atoms with E-state index in [9.17, 15) is 9.59 Å². The maximum Gasteiger partial charge on any atom is 0.261 e. The number of carbonyl (C=O) groups excluding carboxylic acids is 2. The summed E-state index contributed by atoms with van der Waals surface area (Å²) in [5, 5.41) is 7.04. The summed E-state index contributed by atoms with van der Waals surface area (Å²) in [4.78, 5) is 29.7. The molecule has 2 amide bonds. The molecule has 2 N–H and O–H groups in total. The van der Waals surface area contributed by atoms with Crippen LogP contribution in [0, 0.1) is 5.92 Å². The summed E-state index contributed by atoms with van der Waals surface area (Å²) in [5.74, 6) is -0.308. The molecule has 2 aromatic carbocycles. The molecular formula is C23H21N3O3S. The minimum absolute atomic E-state index is 0.00371. The van der Waals surface area contributed by atoms with Gasteiger partial charge >= 0.3 is 0 Å². The molecule has 2 heterocycles. The summed E-state index contributed by atoms with van der Waals surface area (Å²) < 4.78 is 5.43. The number of carbonyl (C=O) groups is 2. The van der Waals surface area contributed by atoms with Gasteiger partial charge in [0.2, 0.25) is 5.91 Å². The van der Waals surface area contributed by atoms with E-state index < -0.39 is 0 Å². The molecule has 0 aliphatic carbocycles. The Balaban J connectivity index is 1.39. The number of amides is 2. The number of rotatable bonds is 6. The summed E-state index contributed by atoms with van der Waals surface area (Å²) >= 11 is 1.43. The standard InChI is InChI=1S/C23H21N3O3S/c1-14(2)21(27)25-16-9-7-15(8-10-16)11-17-12-24-23(30-17)26-22(28)19-13-29-20-6-4-3-5-18(19)20/h3-10,12-14H,11H2,1-2H3,(H,25,27)(H,24,26,28). The van der Waals surface area contributed by atoms with Gasteiger partial charge in [-0.05, 0) is 23.8 Å². The van der Waals surface area contributed by atoms with E-state index in [1.54, 1.807) is 6.20 Å². The Morgan fingerprint density at radius 2 is 1.83 bits per heavy atom. The topological polar surface area (TPSA) is 84.2 Å². The first-order valence-corrected chi connectivity index (χ1v) is 10.4. The van der Waals surface area contributed by atoms with Crippen LogP contribution in [0.1, 0.15) is 34.6 Å². The van der Waals surface area contributed by atoms with Gasteiger partial charge in [0.1, 0.15) is 11.8 Å². The lowest BCUT2D eigenvalue weighted by Gasteiger charge is -2.08. The monoisotopic (exact) mass is 419 g/mol. The van der Waals surface area contributed by atoms with Gasteiger partial charge in [-0.1, -0.05) is 44.2 Å². The number of nitrogens with zero attached hydrogens (tertiary/aromatic N) is 1. The highest BCUT2D eigenvalue weighted by atomic mass is 32.1. The number of benzene rings is 2. The smallest absolute Gasteiger partial charge is 0.261 e. The van der Waals surface area contributed by atoms with Crippen molar-refractivity contribution in [1.29, 1.82) is 0 Å². The van der Waals surface area contributed by atoms with Crippen molar-refractivity contribution in [3.63, 3.8) is 0 Å². The molecule has 0 saturated carbocycles. The molecule has 4 rings (SSSR count). The molecule has 0 aliphatic rings. The van der Waals surface area contributed by atoms with Crippen molar-refractivity contribution in [2.75, 3.05) is 10.6 Å². The molecule has 0 spiro atoms. The van der Waals surface area contributed by atoms with Crippen molar-refractivity contribution in [3.8, 4) is 0 Å². The molecule has 2 aromatic heterocycles. The van der Waals surface area contributed by atoms with Crippen LogP contribution in [0.3, 0.4) is 0 Å². The molecule has 7 heteroatoms. The summed E-state index contributed by atoms with van der Waals surface area (Å²) in [7, 11) is 0. The average Bonchev–Trinajstić information content (AvgIpc) is 3.36. The first-order valence-electron chi connectivity index (χ1n) is 9.61. The molecule has 4 aromatic rings. The number of hydrogen-bond donors (Lipinski definition) is 2. The Morgan fingerprint density at radius 3 is 2.60 bits per heavy atom. The predicted molar refractivity (Wildman–Crippen MR) is 119 cm³/mol. The van der Waals surface area contributed by atoms with Gasteiger partial charge in [0.15, 0.2) is 5.13 Å². The lowest BCUT2D eigenvalue weighted by Crippen LogP contribution is -2.17. The van der Waals surface area contributed by atoms with E-state index in [4.69, 9.17) is 4.42 Å². The molecule has 0 unspecified atom stereocenters. The molecule has 0 bridgehead atoms. The zero-order chi connectivity index (χ0) is 21.1. The van der Waals surface area contributed by atoms with Crippen molar-refractivity contribution >= 4 is 44.9 Å². The third kappa shape index (κ3) is 4.41. The maximum absolute atomic E-state index is 12.6. The minimum atomic E-state index is -0.244. The number of hydrogen-bond acceptors (Lipinski definition) is 5. The number of fused-ring (bicyclic) bond motifs is 1. The summed E-state index contributed by atoms with van der Waals surface area (Å²) in [6.45, 7) is 3.72. The number of aromatic nitrogens is 1. The SMILES string of the molecule is CC(C)C(=O)Nc1ccc(Cc2cnc(NC(=O)c3coc4ccccc34)s2)cc1. The van der Waals surface area contributed by atoms with Crippen molar-refractivity contribution in [2.24, 2.45) is 5.92 Å². The minimum Gasteiger partial charge on any atom is -0.463 e. The third-order valence-electron chi connectivity index (χ3n) is 4.62. The lowest BCUT2D eigenvalue weighted by molar-refractivity contribution is -0.118. The summed E-state index contributed by atoms with van der Waals surface area (Å²) in [6, 6.07) is 15.2. The second-order valence-corrected chi connectivity index (χ2v) is 8.36. The van der Waals surface area contributed by atoms with Crippen molar-refractivity contribution in [1.82, 2.24) is 4.98 Å². The van der Waals surface area contributed by atoms with Crippen molar-refractivity contribution < 1.29 is 14.0 Å². The maximum atomic E-state index is 12.6. The summed E-state index contributed by atoms with van der Waals surface area (Å²) in [6.07, 6.45) is 3.93. The second kappa shape index (κ2) is 8.51. The number of para-hydroxylation sites is 1. The van der Waals surface area contributed by atoms with Gasteiger partial charge in [0, 0.05) is 34.5 Å². The van der Waals surface area contributed by atoms with E-state index in [1.165, 1.54) is 17.6 Å². The highest BCUT2D eigenvalue weighted by Gasteiger charge is 2.15. The van der Waals surface area contributed by atoms with Gasteiger partial charge < -0.3 is 9.73 Å². The van der Waals surface area contributed by atoms with Crippen LogP contribution in [0.15, 0.2) is 65.4 Å². The van der Waals surface area contributed by atoms with Gasteiger partial charge in [-0.2, -0.15) is 0 Å². The van der Waals surface area contributed by atoms with E-state index in [0.717, 1.165) is 21.5 Å². The normalized spacial score (nSPS) is 11.0. The fourth-order valence-corrected chi connectivity index (χ4v) is 3.80. The van der Waals surface area contributed by atoms with Gasteiger partial charge in [0.25, 0.3) is 5.91 Å². The predicted octanol–water partition coefficient (Wildman–Crippen LogP) is 5.33. The quantitative estimate of drug-likeness (QED) is 0.443. The van der Waals surface area contributed by atoms with E-state index in [0.29, 0.717) is 22.7 Å². The molecule has 152 valence electrons. The first kappa shape index (κ1) is 19.8. The highest BCUT2D eigenvalue weighted by Crippen LogP contribution is 2.25. The number of nitrogens with one attached hydrogen (secondary N) is 2. The summed E-state index contributed by atoms with van der Waals surface area (Å²) in [5.41, 5.74) is 3.04. The average molecular weight is 420 g/mol. The van der Waals surface area contributed by atoms with Crippen LogP contribution in [0.25, 0.3) is 11.0 Å². The van der Waals surface area contributed by atoms with Crippen LogP contribution in [-0.4, -0.2) is 16.8 Å². The Morgan fingerprint density at radius 1 is 1.07 bits per heavy atom. The Labute approximate surface area is 177 Å². The Hall–Kier alpha value is -3.45. The van der Waals surface area contributed by atoms with E-state index in [1.807, 2.05) is 62.4 Å². The van der Waals surface area contributed by atoms with Gasteiger partial charge in [0.05, 0.1) is 5.56 Å². The number of thiazole rings is 1. The van der Waals surface area contributed by atoms with Crippen LogP contribution in [0.4, 0.5) is 10.8 Å². The molecule has 30 heavy (non-hydrogen) atoms. The van der Waals surface area contributed by atoms with Gasteiger partial charge in [-0.25, -0.2) is 4.98 Å². The Kier molecular flexibility index (Phi) is 5.63. The van der Waals surface area contributed by atoms with Crippen LogP contribution >= 0.6 is 11.3 Å². The zero-order valence-electron chi connectivity index (χ0n) is 16.6. The largest absolute Gasteiger partial charge is 0.463 e. The van der Waals surface area contributed by atoms with Crippen molar-refractivity contribution in [2.45, 2.75) is 20.3 Å². The van der Waals surface area contributed by atoms with Crippen LogP contribution in [0.5, 0.6) is 0 Å². The van der Waals surface area contributed by atoms with Crippen molar-refractivity contribution in [3.05, 3.63) is 77.0 Å². The zero-order valence-corrected chi connectivity index (χ0v) is 17.5. The molecule has 0 saturated heterocycles. The molecular weight excluding hydrogens is 398 g/mol. The molecule has 0 atom stereocenters. The van der Waals surface area contributed by atoms with Gasteiger partial charge in [-0.3, -0.25) is 14.9 Å². The molecule has 0 radical (unpaired) electrons. The van der Waals surface area contributed by atoms with Crippen LogP contribution in [-0.2, 0) is 11.2 Å². The van der Waals surface area contributed by atoms with Gasteiger partial charge in [-0.15, -0.1) is 11.3 Å². The number of furan rings is 1. The molecule has 0 aliphatic heterocycles. The second-order valence-electron chi connectivity index (χ2n) is 7.25. The van der Waals surface area contributed by atoms with E-state index in [-0.39, 0.29) is 17.7 Å². The van der Waals surface area contributed by atoms with Crippen LogP contribution in [0.2, 0.25) is 0 Å². The highest BCUT2D eigenvalue weighted by molar-refractivity contribution is 7.15. The molecule has 0 fully saturated rings. The third-order valence-corrected chi connectivity index (χ3v) is 5.54.